The molecule has 0 fully saturated rings. The standard InChI is InChI=1S/C17H19N3O3/c1-11(2)19-16-5-3-4-13(20-16)17(21)18-9-12-6-7-14-15(8-12)23-10-22-14/h3-8,11H,9-10H2,1-2H3,(H,18,21)(H,19,20). The van der Waals surface area contributed by atoms with E-state index in [0.717, 1.165) is 11.3 Å². The number of amides is 1. The van der Waals surface area contributed by atoms with Crippen LogP contribution in [0.1, 0.15) is 29.9 Å². The largest absolute Gasteiger partial charge is 0.454 e. The van der Waals surface area contributed by atoms with Crippen LogP contribution >= 0.6 is 0 Å². The Balaban J connectivity index is 1.63. The summed E-state index contributed by atoms with van der Waals surface area (Å²) in [6.07, 6.45) is 0. The van der Waals surface area contributed by atoms with E-state index in [4.69, 9.17) is 9.47 Å². The van der Waals surface area contributed by atoms with Gasteiger partial charge in [-0.25, -0.2) is 4.98 Å². The lowest BCUT2D eigenvalue weighted by atomic mass is 10.2. The molecule has 2 N–H and O–H groups in total. The van der Waals surface area contributed by atoms with Crippen LogP contribution in [-0.2, 0) is 6.54 Å². The van der Waals surface area contributed by atoms with Crippen molar-refractivity contribution in [1.82, 2.24) is 10.3 Å². The van der Waals surface area contributed by atoms with Crippen LogP contribution in [0.2, 0.25) is 0 Å². The molecule has 0 unspecified atom stereocenters. The molecule has 1 aromatic heterocycles. The summed E-state index contributed by atoms with van der Waals surface area (Å²) in [5.41, 5.74) is 1.33. The highest BCUT2D eigenvalue weighted by atomic mass is 16.7. The molecule has 0 saturated heterocycles. The van der Waals surface area contributed by atoms with Crippen molar-refractivity contribution < 1.29 is 14.3 Å². The molecule has 0 aliphatic carbocycles. The van der Waals surface area contributed by atoms with E-state index in [2.05, 4.69) is 15.6 Å². The zero-order valence-electron chi connectivity index (χ0n) is 13.1. The van der Waals surface area contributed by atoms with E-state index in [-0.39, 0.29) is 18.7 Å². The summed E-state index contributed by atoms with van der Waals surface area (Å²) in [6.45, 7) is 4.69. The number of carbonyl (C=O) groups is 1. The van der Waals surface area contributed by atoms with E-state index in [1.807, 2.05) is 44.2 Å². The van der Waals surface area contributed by atoms with Crippen LogP contribution in [0.15, 0.2) is 36.4 Å². The lowest BCUT2D eigenvalue weighted by molar-refractivity contribution is 0.0946. The first-order valence-corrected chi connectivity index (χ1v) is 7.52. The third kappa shape index (κ3) is 3.71. The molecule has 120 valence electrons. The van der Waals surface area contributed by atoms with Crippen LogP contribution in [0, 0.1) is 0 Å². The molecule has 6 nitrogen and oxygen atoms in total. The van der Waals surface area contributed by atoms with Gasteiger partial charge in [0.05, 0.1) is 0 Å². The Kier molecular flexibility index (Phi) is 4.32. The third-order valence-electron chi connectivity index (χ3n) is 3.31. The summed E-state index contributed by atoms with van der Waals surface area (Å²) in [5, 5.41) is 6.04. The van der Waals surface area contributed by atoms with Gasteiger partial charge in [-0.1, -0.05) is 12.1 Å². The molecule has 1 aliphatic heterocycles. The SMILES string of the molecule is CC(C)Nc1cccc(C(=O)NCc2ccc3c(c2)OCO3)n1. The highest BCUT2D eigenvalue weighted by Crippen LogP contribution is 2.32. The predicted octanol–water partition coefficient (Wildman–Crippen LogP) is 2.56. The molecule has 0 radical (unpaired) electrons. The van der Waals surface area contributed by atoms with E-state index in [9.17, 15) is 4.79 Å². The minimum Gasteiger partial charge on any atom is -0.454 e. The smallest absolute Gasteiger partial charge is 0.270 e. The predicted molar refractivity (Wildman–Crippen MR) is 86.7 cm³/mol. The van der Waals surface area contributed by atoms with E-state index >= 15 is 0 Å². The number of anilines is 1. The number of carbonyl (C=O) groups excluding carboxylic acids is 1. The van der Waals surface area contributed by atoms with Crippen molar-refractivity contribution in [3.63, 3.8) is 0 Å². The van der Waals surface area contributed by atoms with Crippen molar-refractivity contribution in [3.8, 4) is 11.5 Å². The number of ether oxygens (including phenoxy) is 2. The lowest BCUT2D eigenvalue weighted by Gasteiger charge is -2.10. The fraction of sp³-hybridized carbons (Fsp3) is 0.294. The van der Waals surface area contributed by atoms with Gasteiger partial charge in [-0.05, 0) is 43.7 Å². The molecule has 1 aliphatic rings. The molecule has 0 bridgehead atoms. The average molecular weight is 313 g/mol. The number of pyridine rings is 1. The van der Waals surface area contributed by atoms with Gasteiger partial charge in [0.1, 0.15) is 11.5 Å². The molecule has 3 rings (SSSR count). The maximum absolute atomic E-state index is 12.2. The molecule has 1 aromatic carbocycles. The number of hydrogen-bond acceptors (Lipinski definition) is 5. The van der Waals surface area contributed by atoms with Crippen molar-refractivity contribution in [2.24, 2.45) is 0 Å². The van der Waals surface area contributed by atoms with Crippen molar-refractivity contribution in [1.29, 1.82) is 0 Å². The number of nitrogens with zero attached hydrogens (tertiary/aromatic N) is 1. The van der Waals surface area contributed by atoms with Gasteiger partial charge in [-0.15, -0.1) is 0 Å². The second-order valence-corrected chi connectivity index (χ2v) is 5.58. The van der Waals surface area contributed by atoms with Gasteiger partial charge in [0, 0.05) is 12.6 Å². The fourth-order valence-corrected chi connectivity index (χ4v) is 2.26. The zero-order chi connectivity index (χ0) is 16.2. The van der Waals surface area contributed by atoms with E-state index < -0.39 is 0 Å². The van der Waals surface area contributed by atoms with Crippen LogP contribution in [0.4, 0.5) is 5.82 Å². The van der Waals surface area contributed by atoms with E-state index in [0.29, 0.717) is 23.8 Å². The summed E-state index contributed by atoms with van der Waals surface area (Å²) >= 11 is 0. The molecule has 0 saturated carbocycles. The van der Waals surface area contributed by atoms with Crippen molar-refractivity contribution >= 4 is 11.7 Å². The molecule has 0 spiro atoms. The Morgan fingerprint density at radius 3 is 2.87 bits per heavy atom. The quantitative estimate of drug-likeness (QED) is 0.887. The lowest BCUT2D eigenvalue weighted by Crippen LogP contribution is -2.24. The molecule has 0 atom stereocenters. The first kappa shape index (κ1) is 15.1. The Morgan fingerprint density at radius 1 is 1.22 bits per heavy atom. The maximum Gasteiger partial charge on any atom is 0.270 e. The first-order chi connectivity index (χ1) is 11.1. The van der Waals surface area contributed by atoms with Gasteiger partial charge >= 0.3 is 0 Å². The first-order valence-electron chi connectivity index (χ1n) is 7.52. The average Bonchev–Trinajstić information content (AvgIpc) is 3.00. The number of fused-ring (bicyclic) bond motifs is 1. The maximum atomic E-state index is 12.2. The summed E-state index contributed by atoms with van der Waals surface area (Å²) in [5.74, 6) is 1.91. The number of benzene rings is 1. The van der Waals surface area contributed by atoms with E-state index in [1.54, 1.807) is 6.07 Å². The van der Waals surface area contributed by atoms with Gasteiger partial charge in [-0.3, -0.25) is 4.79 Å². The van der Waals surface area contributed by atoms with Gasteiger partial charge < -0.3 is 20.1 Å². The van der Waals surface area contributed by atoms with Crippen LogP contribution in [0.5, 0.6) is 11.5 Å². The van der Waals surface area contributed by atoms with Gasteiger partial charge in [0.15, 0.2) is 11.5 Å². The highest BCUT2D eigenvalue weighted by molar-refractivity contribution is 5.92. The summed E-state index contributed by atoms with van der Waals surface area (Å²) in [7, 11) is 0. The van der Waals surface area contributed by atoms with Crippen LogP contribution in [0.25, 0.3) is 0 Å². The Bertz CT molecular complexity index is 716. The summed E-state index contributed by atoms with van der Waals surface area (Å²) < 4.78 is 10.6. The molecule has 1 amide bonds. The van der Waals surface area contributed by atoms with Crippen LogP contribution in [-0.4, -0.2) is 23.7 Å². The Hall–Kier alpha value is -2.76. The normalized spacial score (nSPS) is 12.3. The Morgan fingerprint density at radius 2 is 2.04 bits per heavy atom. The summed E-state index contributed by atoms with van der Waals surface area (Å²) in [4.78, 5) is 16.5. The topological polar surface area (TPSA) is 72.5 Å². The van der Waals surface area contributed by atoms with E-state index in [1.165, 1.54) is 0 Å². The van der Waals surface area contributed by atoms with Gasteiger partial charge in [-0.2, -0.15) is 0 Å². The number of nitrogens with one attached hydrogen (secondary N) is 2. The monoisotopic (exact) mass is 313 g/mol. The molecule has 6 heteroatoms. The molecule has 2 aromatic rings. The minimum absolute atomic E-state index is 0.213. The molecular formula is C17H19N3O3. The van der Waals surface area contributed by atoms with Crippen LogP contribution < -0.4 is 20.1 Å². The third-order valence-corrected chi connectivity index (χ3v) is 3.31. The number of hydrogen-bond donors (Lipinski definition) is 2. The highest BCUT2D eigenvalue weighted by Gasteiger charge is 2.14. The minimum atomic E-state index is -0.213. The molecule has 23 heavy (non-hydrogen) atoms. The molecule has 2 heterocycles. The fourth-order valence-electron chi connectivity index (χ4n) is 2.26. The number of aromatic nitrogens is 1. The second-order valence-electron chi connectivity index (χ2n) is 5.58. The van der Waals surface area contributed by atoms with Gasteiger partial charge in [0.2, 0.25) is 6.79 Å². The van der Waals surface area contributed by atoms with Crippen molar-refractivity contribution in [2.75, 3.05) is 12.1 Å². The van der Waals surface area contributed by atoms with Crippen LogP contribution in [0.3, 0.4) is 0 Å². The van der Waals surface area contributed by atoms with Crippen molar-refractivity contribution in [2.45, 2.75) is 26.4 Å². The van der Waals surface area contributed by atoms with Gasteiger partial charge in [0.25, 0.3) is 5.91 Å². The van der Waals surface area contributed by atoms with Crippen molar-refractivity contribution in [3.05, 3.63) is 47.7 Å². The Labute approximate surface area is 134 Å². The summed E-state index contributed by atoms with van der Waals surface area (Å²) in [6, 6.07) is 11.2. The second kappa shape index (κ2) is 6.56. The molecular weight excluding hydrogens is 294 g/mol. The number of rotatable bonds is 5. The zero-order valence-corrected chi connectivity index (χ0v) is 13.1.